The minimum absolute atomic E-state index is 0.00588. The standard InChI is InChI=1S/C56H68O6/c1-34(2)32-56-26-25-43(56)27-35(3)54(8)52(62)45(28-36(4)57)50-37(5)42(33-53(7,38(50)6)49(55(54,56)9)31-47(59)41-23-17-12-18-24-41)29-48(60)51(61)44(39-19-13-10-14-20-39)30-46(58)40-21-15-11-16-22-40/h10-24,35,38,42-45,49,51,61H,1,25-33H2,2-9H3/t35-,38-,42?,43+,44?,45+,49?,51?,53+,54-,55?,56-/m0/s1. The number of benzene rings is 3. The van der Waals surface area contributed by atoms with Crippen LogP contribution in [0.25, 0.3) is 0 Å². The Labute approximate surface area is 370 Å². The van der Waals surface area contributed by atoms with E-state index in [4.69, 9.17) is 0 Å². The van der Waals surface area contributed by atoms with Crippen LogP contribution in [0.1, 0.15) is 145 Å². The lowest BCUT2D eigenvalue weighted by molar-refractivity contribution is -0.264. The fourth-order valence-corrected chi connectivity index (χ4v) is 14.3. The maximum Gasteiger partial charge on any atom is 0.163 e. The van der Waals surface area contributed by atoms with Crippen LogP contribution >= 0.6 is 0 Å². The van der Waals surface area contributed by atoms with Crippen LogP contribution in [0, 0.1) is 57.2 Å². The highest BCUT2D eigenvalue weighted by Crippen LogP contribution is 2.80. The summed E-state index contributed by atoms with van der Waals surface area (Å²) < 4.78 is 0. The Morgan fingerprint density at radius 1 is 0.806 bits per heavy atom. The molecule has 5 unspecified atom stereocenters. The molecule has 6 nitrogen and oxygen atoms in total. The van der Waals surface area contributed by atoms with Gasteiger partial charge in [0.25, 0.3) is 0 Å². The quantitative estimate of drug-likeness (QED) is 0.121. The molecule has 3 aromatic carbocycles. The first-order valence-corrected chi connectivity index (χ1v) is 23.1. The zero-order valence-electron chi connectivity index (χ0n) is 38.3. The molecule has 3 fully saturated rings. The van der Waals surface area contributed by atoms with Crippen molar-refractivity contribution < 1.29 is 29.1 Å². The molecule has 4 aliphatic carbocycles. The number of ketones is 5. The van der Waals surface area contributed by atoms with Gasteiger partial charge >= 0.3 is 0 Å². The zero-order valence-corrected chi connectivity index (χ0v) is 38.3. The Morgan fingerprint density at radius 3 is 1.90 bits per heavy atom. The average Bonchev–Trinajstić information content (AvgIpc) is 3.25. The molecule has 0 aliphatic heterocycles. The topological polar surface area (TPSA) is 106 Å². The summed E-state index contributed by atoms with van der Waals surface area (Å²) in [7, 11) is 0. The number of rotatable bonds is 15. The smallest absolute Gasteiger partial charge is 0.163 e. The van der Waals surface area contributed by atoms with Gasteiger partial charge in [-0.1, -0.05) is 142 Å². The molecule has 62 heavy (non-hydrogen) atoms. The van der Waals surface area contributed by atoms with Crippen molar-refractivity contribution in [3.05, 3.63) is 131 Å². The minimum atomic E-state index is -1.46. The van der Waals surface area contributed by atoms with Crippen LogP contribution in [0.15, 0.2) is 114 Å². The van der Waals surface area contributed by atoms with E-state index in [9.17, 15) is 24.3 Å². The summed E-state index contributed by atoms with van der Waals surface area (Å²) in [5, 5.41) is 12.2. The van der Waals surface area contributed by atoms with E-state index in [0.29, 0.717) is 29.0 Å². The third-order valence-corrected chi connectivity index (χ3v) is 17.8. The molecular weight excluding hydrogens is 769 g/mol. The van der Waals surface area contributed by atoms with E-state index in [1.165, 1.54) is 0 Å². The fraction of sp³-hybridized carbons (Fsp3) is 0.518. The van der Waals surface area contributed by atoms with Gasteiger partial charge in [-0.3, -0.25) is 24.0 Å². The fourth-order valence-electron chi connectivity index (χ4n) is 14.3. The summed E-state index contributed by atoms with van der Waals surface area (Å²) >= 11 is 0. The number of aliphatic hydroxyl groups is 1. The summed E-state index contributed by atoms with van der Waals surface area (Å²) in [6.07, 6.45) is 3.07. The Bertz CT molecular complexity index is 2260. The molecule has 0 aromatic heterocycles. The van der Waals surface area contributed by atoms with Crippen LogP contribution in [-0.2, 0) is 14.4 Å². The van der Waals surface area contributed by atoms with Crippen molar-refractivity contribution in [1.82, 2.24) is 0 Å². The average molecular weight is 837 g/mol. The molecule has 0 saturated heterocycles. The van der Waals surface area contributed by atoms with Crippen LogP contribution in [0.2, 0.25) is 0 Å². The van der Waals surface area contributed by atoms with Crippen LogP contribution in [0.3, 0.4) is 0 Å². The second kappa shape index (κ2) is 17.2. The van der Waals surface area contributed by atoms with Gasteiger partial charge in [0.2, 0.25) is 0 Å². The molecule has 0 amide bonds. The first-order chi connectivity index (χ1) is 29.3. The molecule has 0 radical (unpaired) electrons. The first kappa shape index (κ1) is 45.5. The number of fused-ring (bicyclic) bond motifs is 5. The van der Waals surface area contributed by atoms with Crippen LogP contribution in [0.5, 0.6) is 0 Å². The van der Waals surface area contributed by atoms with Crippen molar-refractivity contribution in [1.29, 1.82) is 0 Å². The van der Waals surface area contributed by atoms with Gasteiger partial charge in [0.1, 0.15) is 17.7 Å². The number of hydrogen-bond donors (Lipinski definition) is 1. The highest BCUT2D eigenvalue weighted by Gasteiger charge is 2.76. The summed E-state index contributed by atoms with van der Waals surface area (Å²) in [6, 6.07) is 27.8. The maximum atomic E-state index is 16.2. The van der Waals surface area contributed by atoms with E-state index in [1.807, 2.05) is 85.8 Å². The molecule has 328 valence electrons. The monoisotopic (exact) mass is 837 g/mol. The SMILES string of the molecule is C=C(C)C[C@@]12CC[C@@H]1C[C@H](C)[C@@]1(C)C(=O)[C@H](CC(C)=O)C3=C(C)C(CC(=O)C(O)C(CC(=O)c4ccccc4)c4ccccc4)C[C@@](C)(C(CC(=O)c4ccccc4)C21C)[C@H]3C. The summed E-state index contributed by atoms with van der Waals surface area (Å²) in [6.45, 7) is 21.4. The first-order valence-electron chi connectivity index (χ1n) is 23.1. The van der Waals surface area contributed by atoms with Crippen LogP contribution in [0.4, 0.5) is 0 Å². The number of carbonyl (C=O) groups is 5. The number of Topliss-reactive ketones (excluding diaryl/α,β-unsaturated/α-hetero) is 5. The normalized spacial score (nSPS) is 33.7. The van der Waals surface area contributed by atoms with Crippen molar-refractivity contribution >= 4 is 28.9 Å². The molecule has 3 saturated carbocycles. The van der Waals surface area contributed by atoms with E-state index >= 15 is 4.79 Å². The van der Waals surface area contributed by atoms with Gasteiger partial charge in [0.15, 0.2) is 17.3 Å². The van der Waals surface area contributed by atoms with Crippen molar-refractivity contribution in [2.45, 2.75) is 125 Å². The van der Waals surface area contributed by atoms with Gasteiger partial charge in [-0.15, -0.1) is 6.58 Å². The predicted molar refractivity (Wildman–Crippen MR) is 246 cm³/mol. The molecule has 1 N–H and O–H groups in total. The van der Waals surface area contributed by atoms with Gasteiger partial charge in [0.05, 0.1) is 0 Å². The van der Waals surface area contributed by atoms with E-state index in [-0.39, 0.29) is 83.7 Å². The van der Waals surface area contributed by atoms with Gasteiger partial charge in [-0.05, 0) is 104 Å². The number of aliphatic hydroxyl groups excluding tert-OH is 1. The Morgan fingerprint density at radius 2 is 1.37 bits per heavy atom. The summed E-state index contributed by atoms with van der Waals surface area (Å²) in [5.74, 6) is -2.33. The summed E-state index contributed by atoms with van der Waals surface area (Å²) in [4.78, 5) is 73.0. The van der Waals surface area contributed by atoms with Crippen molar-refractivity contribution in [2.75, 3.05) is 0 Å². The number of hydrogen-bond acceptors (Lipinski definition) is 6. The lowest BCUT2D eigenvalue weighted by atomic mass is 9.27. The molecule has 0 heterocycles. The van der Waals surface area contributed by atoms with Crippen LogP contribution in [-0.4, -0.2) is 40.1 Å². The molecular formula is C56H68O6. The summed E-state index contributed by atoms with van der Waals surface area (Å²) in [5.41, 5.74) is 2.39. The van der Waals surface area contributed by atoms with Crippen molar-refractivity contribution in [3.8, 4) is 0 Å². The Hall–Kier alpha value is -4.55. The minimum Gasteiger partial charge on any atom is -0.385 e. The molecule has 0 spiro atoms. The molecule has 2 bridgehead atoms. The van der Waals surface area contributed by atoms with Gasteiger partial charge in [0, 0.05) is 54.1 Å². The van der Waals surface area contributed by atoms with Gasteiger partial charge in [-0.25, -0.2) is 0 Å². The van der Waals surface area contributed by atoms with E-state index in [2.05, 4.69) is 48.1 Å². The van der Waals surface area contributed by atoms with E-state index in [0.717, 1.165) is 42.4 Å². The lowest BCUT2D eigenvalue weighted by Crippen LogP contribution is -2.73. The highest BCUT2D eigenvalue weighted by molar-refractivity contribution is 5.98. The molecule has 7 rings (SSSR count). The highest BCUT2D eigenvalue weighted by atomic mass is 16.3. The van der Waals surface area contributed by atoms with Crippen molar-refractivity contribution in [3.63, 3.8) is 0 Å². The lowest BCUT2D eigenvalue weighted by Gasteiger charge is -2.76. The third kappa shape index (κ3) is 7.36. The third-order valence-electron chi connectivity index (χ3n) is 17.8. The second-order valence-electron chi connectivity index (χ2n) is 20.8. The number of allylic oxidation sites excluding steroid dienone is 3. The number of carbonyl (C=O) groups excluding carboxylic acids is 5. The van der Waals surface area contributed by atoms with Gasteiger partial charge in [-0.2, -0.15) is 0 Å². The largest absolute Gasteiger partial charge is 0.385 e. The second-order valence-corrected chi connectivity index (χ2v) is 20.8. The van der Waals surface area contributed by atoms with Gasteiger partial charge < -0.3 is 5.11 Å². The molecule has 3 aromatic rings. The Balaban J connectivity index is 1.39. The zero-order chi connectivity index (χ0) is 44.9. The molecule has 6 heteroatoms. The maximum absolute atomic E-state index is 16.2. The predicted octanol–water partition coefficient (Wildman–Crippen LogP) is 11.8. The van der Waals surface area contributed by atoms with Crippen LogP contribution < -0.4 is 0 Å². The molecule has 4 aliphatic rings. The van der Waals surface area contributed by atoms with E-state index < -0.39 is 34.2 Å². The Kier molecular flexibility index (Phi) is 12.6. The molecule has 12 atom stereocenters. The van der Waals surface area contributed by atoms with E-state index in [1.54, 1.807) is 19.1 Å². The van der Waals surface area contributed by atoms with Crippen molar-refractivity contribution in [2.24, 2.45) is 57.2 Å².